The summed E-state index contributed by atoms with van der Waals surface area (Å²) >= 11 is 0. The molecule has 1 aromatic heterocycles. The summed E-state index contributed by atoms with van der Waals surface area (Å²) < 4.78 is 10.5. The van der Waals surface area contributed by atoms with E-state index >= 15 is 0 Å². The quantitative estimate of drug-likeness (QED) is 0.846. The molecule has 1 aromatic carbocycles. The largest absolute Gasteiger partial charge is 0.478 e. The van der Waals surface area contributed by atoms with Crippen LogP contribution >= 0.6 is 0 Å². The van der Waals surface area contributed by atoms with Crippen molar-refractivity contribution in [1.29, 1.82) is 0 Å². The lowest BCUT2D eigenvalue weighted by atomic mass is 10.1. The van der Waals surface area contributed by atoms with Crippen LogP contribution in [0.3, 0.4) is 0 Å². The molecule has 1 aliphatic heterocycles. The molecule has 0 bridgehead atoms. The van der Waals surface area contributed by atoms with Crippen molar-refractivity contribution in [1.82, 2.24) is 15.5 Å². The van der Waals surface area contributed by atoms with Gasteiger partial charge >= 0.3 is 0 Å². The van der Waals surface area contributed by atoms with Gasteiger partial charge in [-0.2, -0.15) is 4.98 Å². The molecule has 2 aromatic rings. The van der Waals surface area contributed by atoms with Crippen LogP contribution in [0.25, 0.3) is 0 Å². The first-order chi connectivity index (χ1) is 11.1. The minimum Gasteiger partial charge on any atom is -0.478 e. The Hall–Kier alpha value is -2.90. The average molecular weight is 316 g/mol. The van der Waals surface area contributed by atoms with Crippen LogP contribution in [-0.4, -0.2) is 34.6 Å². The number of hydrogen-bond donors (Lipinski definition) is 2. The molecule has 23 heavy (non-hydrogen) atoms. The van der Waals surface area contributed by atoms with Gasteiger partial charge in [-0.15, -0.1) is 0 Å². The maximum absolute atomic E-state index is 11.9. The number of carbonyl (C=O) groups excluding carboxylic acids is 2. The van der Waals surface area contributed by atoms with Crippen LogP contribution in [0, 0.1) is 6.92 Å². The third-order valence-electron chi connectivity index (χ3n) is 3.31. The highest BCUT2D eigenvalue weighted by Crippen LogP contribution is 2.29. The minimum absolute atomic E-state index is 0.0526. The molecule has 2 heterocycles. The van der Waals surface area contributed by atoms with Gasteiger partial charge in [0.25, 0.3) is 5.91 Å². The number of fused-ring (bicyclic) bond motifs is 1. The fourth-order valence-electron chi connectivity index (χ4n) is 2.22. The Morgan fingerprint density at radius 3 is 3.00 bits per heavy atom. The summed E-state index contributed by atoms with van der Waals surface area (Å²) in [5.41, 5.74) is 0.612. The second-order valence-electron chi connectivity index (χ2n) is 5.13. The number of hydrogen-bond acceptors (Lipinski definition) is 6. The van der Waals surface area contributed by atoms with E-state index in [9.17, 15) is 9.59 Å². The maximum atomic E-state index is 11.9. The maximum Gasteiger partial charge on any atom is 0.266 e. The molecule has 2 amide bonds. The molecule has 120 valence electrons. The monoisotopic (exact) mass is 316 g/mol. The number of carbonyl (C=O) groups is 2. The smallest absolute Gasteiger partial charge is 0.266 e. The van der Waals surface area contributed by atoms with E-state index in [1.807, 2.05) is 0 Å². The van der Waals surface area contributed by atoms with E-state index in [1.165, 1.54) is 0 Å². The Morgan fingerprint density at radius 2 is 2.22 bits per heavy atom. The Bertz CT molecular complexity index is 728. The van der Waals surface area contributed by atoms with Gasteiger partial charge in [-0.25, -0.2) is 0 Å². The van der Waals surface area contributed by atoms with Crippen molar-refractivity contribution < 1.29 is 18.8 Å². The highest BCUT2D eigenvalue weighted by molar-refractivity contribution is 5.99. The van der Waals surface area contributed by atoms with Crippen molar-refractivity contribution in [3.8, 4) is 5.75 Å². The van der Waals surface area contributed by atoms with Gasteiger partial charge in [0, 0.05) is 13.0 Å². The third kappa shape index (κ3) is 3.65. The fraction of sp³-hybridized carbons (Fsp3) is 0.333. The lowest BCUT2D eigenvalue weighted by Crippen LogP contribution is -2.41. The van der Waals surface area contributed by atoms with Crippen LogP contribution in [0.5, 0.6) is 5.75 Å². The number of ether oxygens (including phenoxy) is 1. The zero-order valence-corrected chi connectivity index (χ0v) is 12.5. The lowest BCUT2D eigenvalue weighted by molar-refractivity contribution is -0.130. The van der Waals surface area contributed by atoms with Gasteiger partial charge in [-0.05, 0) is 19.1 Å². The first-order valence-electron chi connectivity index (χ1n) is 7.24. The predicted octanol–water partition coefficient (Wildman–Crippen LogP) is 0.827. The number of amides is 2. The number of nitrogens with zero attached hydrogens (tertiary/aromatic N) is 2. The van der Waals surface area contributed by atoms with Gasteiger partial charge in [0.05, 0.1) is 12.1 Å². The summed E-state index contributed by atoms with van der Waals surface area (Å²) in [6.07, 6.45) is -0.452. The molecule has 1 atom stereocenters. The number of aryl methyl sites for hydroxylation is 1. The molecule has 0 saturated carbocycles. The van der Waals surface area contributed by atoms with Crippen LogP contribution in [0.2, 0.25) is 0 Å². The normalized spacial score (nSPS) is 16.2. The number of nitrogens with one attached hydrogen (secondary N) is 2. The molecule has 1 aliphatic rings. The summed E-state index contributed by atoms with van der Waals surface area (Å²) in [4.78, 5) is 27.9. The van der Waals surface area contributed by atoms with E-state index in [4.69, 9.17) is 9.26 Å². The Balaban J connectivity index is 1.49. The standard InChI is InChI=1S/C15H16N4O4/c1-9-17-14(23-19-9)6-7-16-13(20)8-12-15(21)18-10-4-2-3-5-11(10)22-12/h2-5,12H,6-8H2,1H3,(H,16,20)(H,18,21). The van der Waals surface area contributed by atoms with Crippen molar-refractivity contribution in [2.45, 2.75) is 25.9 Å². The average Bonchev–Trinajstić information content (AvgIpc) is 2.93. The topological polar surface area (TPSA) is 106 Å². The van der Waals surface area contributed by atoms with Gasteiger partial charge in [0.15, 0.2) is 11.9 Å². The van der Waals surface area contributed by atoms with E-state index in [0.29, 0.717) is 36.1 Å². The fourth-order valence-corrected chi connectivity index (χ4v) is 2.22. The Kier molecular flexibility index (Phi) is 4.22. The van der Waals surface area contributed by atoms with E-state index in [1.54, 1.807) is 31.2 Å². The number of rotatable bonds is 5. The zero-order chi connectivity index (χ0) is 16.2. The van der Waals surface area contributed by atoms with Crippen molar-refractivity contribution in [2.75, 3.05) is 11.9 Å². The zero-order valence-electron chi connectivity index (χ0n) is 12.5. The van der Waals surface area contributed by atoms with Gasteiger partial charge in [0.2, 0.25) is 11.8 Å². The molecular weight excluding hydrogens is 300 g/mol. The van der Waals surface area contributed by atoms with Gasteiger partial charge in [0.1, 0.15) is 5.75 Å². The SMILES string of the molecule is Cc1noc(CCNC(=O)CC2Oc3ccccc3NC2=O)n1. The number of para-hydroxylation sites is 2. The molecule has 0 spiro atoms. The molecule has 8 heteroatoms. The van der Waals surface area contributed by atoms with Crippen molar-refractivity contribution >= 4 is 17.5 Å². The van der Waals surface area contributed by atoms with Crippen LogP contribution in [0.1, 0.15) is 18.1 Å². The summed E-state index contributed by atoms with van der Waals surface area (Å²) in [5.74, 6) is 0.971. The first-order valence-corrected chi connectivity index (χ1v) is 7.24. The van der Waals surface area contributed by atoms with Crippen LogP contribution < -0.4 is 15.4 Å². The van der Waals surface area contributed by atoms with Gasteiger partial charge in [-0.3, -0.25) is 9.59 Å². The molecule has 0 fully saturated rings. The van der Waals surface area contributed by atoms with E-state index in [0.717, 1.165) is 0 Å². The van der Waals surface area contributed by atoms with Crippen molar-refractivity contribution in [3.63, 3.8) is 0 Å². The highest BCUT2D eigenvalue weighted by Gasteiger charge is 2.29. The van der Waals surface area contributed by atoms with E-state index < -0.39 is 6.10 Å². The number of aromatic nitrogens is 2. The van der Waals surface area contributed by atoms with Gasteiger partial charge in [-0.1, -0.05) is 17.3 Å². The van der Waals surface area contributed by atoms with E-state index in [2.05, 4.69) is 20.8 Å². The third-order valence-corrected chi connectivity index (χ3v) is 3.31. The first kappa shape index (κ1) is 15.0. The predicted molar refractivity (Wildman–Crippen MR) is 79.9 cm³/mol. The Labute approximate surface area is 132 Å². The molecule has 8 nitrogen and oxygen atoms in total. The lowest BCUT2D eigenvalue weighted by Gasteiger charge is -2.25. The second kappa shape index (κ2) is 6.47. The molecule has 3 rings (SSSR count). The van der Waals surface area contributed by atoms with Gasteiger partial charge < -0.3 is 19.9 Å². The van der Waals surface area contributed by atoms with E-state index in [-0.39, 0.29) is 18.2 Å². The van der Waals surface area contributed by atoms with Crippen molar-refractivity contribution in [2.24, 2.45) is 0 Å². The molecule has 0 aliphatic carbocycles. The van der Waals surface area contributed by atoms with Crippen LogP contribution in [0.4, 0.5) is 5.69 Å². The van der Waals surface area contributed by atoms with Crippen LogP contribution in [0.15, 0.2) is 28.8 Å². The molecule has 2 N–H and O–H groups in total. The summed E-state index contributed by atoms with van der Waals surface area (Å²) in [7, 11) is 0. The molecule has 0 radical (unpaired) electrons. The molecule has 0 saturated heterocycles. The number of anilines is 1. The summed E-state index contributed by atoms with van der Waals surface area (Å²) in [6.45, 7) is 2.08. The molecule has 1 unspecified atom stereocenters. The molecular formula is C15H16N4O4. The number of benzene rings is 1. The Morgan fingerprint density at radius 1 is 1.39 bits per heavy atom. The second-order valence-corrected chi connectivity index (χ2v) is 5.13. The summed E-state index contributed by atoms with van der Waals surface area (Å²) in [5, 5.41) is 9.10. The minimum atomic E-state index is -0.837. The van der Waals surface area contributed by atoms with Crippen molar-refractivity contribution in [3.05, 3.63) is 36.0 Å². The highest BCUT2D eigenvalue weighted by atomic mass is 16.5. The van der Waals surface area contributed by atoms with Crippen LogP contribution in [-0.2, 0) is 16.0 Å². The summed E-state index contributed by atoms with van der Waals surface area (Å²) in [6, 6.07) is 7.10.